The minimum Gasteiger partial charge on any atom is -0.455 e. The largest absolute Gasteiger partial charge is 0.455 e. The molecule has 5 nitrogen and oxygen atoms in total. The Morgan fingerprint density at radius 1 is 1.12 bits per heavy atom. The number of halogens is 1. The second-order valence-corrected chi connectivity index (χ2v) is 8.13. The number of amides is 1. The first-order valence-electron chi connectivity index (χ1n) is 8.34. The van der Waals surface area contributed by atoms with Gasteiger partial charge in [-0.15, -0.1) is 0 Å². The van der Waals surface area contributed by atoms with E-state index < -0.39 is 11.7 Å². The summed E-state index contributed by atoms with van der Waals surface area (Å²) < 4.78 is 12.3. The Kier molecular flexibility index (Phi) is 6.67. The molecule has 2 rings (SSSR count). The van der Waals surface area contributed by atoms with Crippen LogP contribution < -0.4 is 10.1 Å². The molecule has 0 bridgehead atoms. The van der Waals surface area contributed by atoms with E-state index in [9.17, 15) is 4.79 Å². The van der Waals surface area contributed by atoms with Gasteiger partial charge in [-0.25, -0.2) is 4.79 Å². The van der Waals surface area contributed by atoms with E-state index in [0.717, 1.165) is 22.3 Å². The van der Waals surface area contributed by atoms with E-state index >= 15 is 0 Å². The van der Waals surface area contributed by atoms with Crippen molar-refractivity contribution >= 4 is 27.7 Å². The lowest BCUT2D eigenvalue weighted by molar-refractivity contribution is 0.0635. The highest BCUT2D eigenvalue weighted by Crippen LogP contribution is 2.34. The van der Waals surface area contributed by atoms with Crippen LogP contribution >= 0.6 is 15.9 Å². The van der Waals surface area contributed by atoms with E-state index in [-0.39, 0.29) is 0 Å². The van der Waals surface area contributed by atoms with Gasteiger partial charge < -0.3 is 14.4 Å². The van der Waals surface area contributed by atoms with Crippen molar-refractivity contribution in [3.05, 3.63) is 52.5 Å². The summed E-state index contributed by atoms with van der Waals surface area (Å²) in [4.78, 5) is 14.2. The van der Waals surface area contributed by atoms with Gasteiger partial charge in [0.25, 0.3) is 0 Å². The van der Waals surface area contributed by atoms with Crippen LogP contribution in [-0.4, -0.2) is 30.7 Å². The Morgan fingerprint density at radius 2 is 1.81 bits per heavy atom. The molecule has 1 amide bonds. The minimum atomic E-state index is -0.574. The van der Waals surface area contributed by atoms with Gasteiger partial charge in [0.2, 0.25) is 0 Å². The van der Waals surface area contributed by atoms with Crippen LogP contribution in [0.25, 0.3) is 0 Å². The average molecular weight is 421 g/mol. The van der Waals surface area contributed by atoms with Gasteiger partial charge in [0.15, 0.2) is 5.75 Å². The first kappa shape index (κ1) is 20.3. The Balaban J connectivity index is 2.27. The summed E-state index contributed by atoms with van der Waals surface area (Å²) >= 11 is 3.43. The summed E-state index contributed by atoms with van der Waals surface area (Å²) in [7, 11) is 4.01. The molecule has 0 atom stereocenters. The van der Waals surface area contributed by atoms with Crippen LogP contribution in [0.1, 0.15) is 26.3 Å². The molecule has 0 aliphatic carbocycles. The summed E-state index contributed by atoms with van der Waals surface area (Å²) in [6.45, 7) is 6.22. The van der Waals surface area contributed by atoms with Gasteiger partial charge in [0, 0.05) is 16.6 Å². The molecule has 140 valence electrons. The number of para-hydroxylation sites is 1. The summed E-state index contributed by atoms with van der Waals surface area (Å²) in [6, 6.07) is 13.3. The minimum absolute atomic E-state index is 0.526. The van der Waals surface area contributed by atoms with Crippen molar-refractivity contribution in [2.24, 2.45) is 0 Å². The molecule has 26 heavy (non-hydrogen) atoms. The fourth-order valence-electron chi connectivity index (χ4n) is 2.30. The molecule has 0 unspecified atom stereocenters. The Morgan fingerprint density at radius 3 is 2.46 bits per heavy atom. The summed E-state index contributed by atoms with van der Waals surface area (Å²) in [5.74, 6) is 1.29. The molecule has 0 heterocycles. The maximum Gasteiger partial charge on any atom is 0.412 e. The van der Waals surface area contributed by atoms with Gasteiger partial charge in [-0.05, 0) is 59.1 Å². The number of hydrogen-bond donors (Lipinski definition) is 1. The smallest absolute Gasteiger partial charge is 0.412 e. The van der Waals surface area contributed by atoms with Crippen molar-refractivity contribution in [2.75, 3.05) is 19.4 Å². The predicted octanol–water partition coefficient (Wildman–Crippen LogP) is 5.65. The van der Waals surface area contributed by atoms with Crippen LogP contribution in [0.5, 0.6) is 11.5 Å². The maximum atomic E-state index is 12.1. The first-order valence-corrected chi connectivity index (χ1v) is 9.13. The number of anilines is 1. The van der Waals surface area contributed by atoms with Crippen LogP contribution in [-0.2, 0) is 11.3 Å². The van der Waals surface area contributed by atoms with Crippen LogP contribution in [0.4, 0.5) is 10.5 Å². The summed E-state index contributed by atoms with van der Waals surface area (Å²) in [6.07, 6.45) is -0.526. The summed E-state index contributed by atoms with van der Waals surface area (Å²) in [5, 5.41) is 2.76. The third-order valence-corrected chi connectivity index (χ3v) is 3.75. The fourth-order valence-corrected chi connectivity index (χ4v) is 2.66. The zero-order chi connectivity index (χ0) is 19.3. The Bertz CT molecular complexity index is 770. The summed E-state index contributed by atoms with van der Waals surface area (Å²) in [5.41, 5.74) is 1.02. The first-order chi connectivity index (χ1) is 12.1. The van der Waals surface area contributed by atoms with Gasteiger partial charge in [-0.2, -0.15) is 0 Å². The molecule has 0 aliphatic rings. The van der Waals surface area contributed by atoms with Gasteiger partial charge in [-0.3, -0.25) is 5.32 Å². The van der Waals surface area contributed by atoms with E-state index in [0.29, 0.717) is 11.4 Å². The molecule has 1 N–H and O–H groups in total. The lowest BCUT2D eigenvalue weighted by Gasteiger charge is -2.21. The Hall–Kier alpha value is -2.05. The molecular formula is C20H25BrN2O3. The molecule has 0 spiro atoms. The number of hydrogen-bond acceptors (Lipinski definition) is 4. The van der Waals surface area contributed by atoms with Gasteiger partial charge in [-0.1, -0.05) is 34.1 Å². The highest BCUT2D eigenvalue weighted by molar-refractivity contribution is 9.10. The van der Waals surface area contributed by atoms with E-state index in [1.54, 1.807) is 6.07 Å². The highest BCUT2D eigenvalue weighted by atomic mass is 79.9. The van der Waals surface area contributed by atoms with Crippen molar-refractivity contribution in [1.82, 2.24) is 4.90 Å². The number of carbonyl (C=O) groups excluding carboxylic acids is 1. The normalized spacial score (nSPS) is 11.3. The Labute approximate surface area is 163 Å². The van der Waals surface area contributed by atoms with E-state index in [4.69, 9.17) is 9.47 Å². The third-order valence-electron chi connectivity index (χ3n) is 3.26. The lowest BCUT2D eigenvalue weighted by Crippen LogP contribution is -2.27. The number of nitrogens with zero attached hydrogens (tertiary/aromatic N) is 1. The molecule has 0 radical (unpaired) electrons. The second kappa shape index (κ2) is 8.56. The van der Waals surface area contributed by atoms with Crippen molar-refractivity contribution in [1.29, 1.82) is 0 Å². The van der Waals surface area contributed by atoms with Gasteiger partial charge in [0.1, 0.15) is 11.4 Å². The van der Waals surface area contributed by atoms with Crippen LogP contribution in [0.15, 0.2) is 46.9 Å². The monoisotopic (exact) mass is 420 g/mol. The molecule has 2 aromatic rings. The van der Waals surface area contributed by atoms with Gasteiger partial charge >= 0.3 is 6.09 Å². The molecule has 0 aromatic heterocycles. The standard InChI is InChI=1S/C20H25BrN2O3/c1-20(2,3)26-19(24)22-16-12-15(21)10-11-18(16)25-17-9-7-6-8-14(17)13-23(4)5/h6-12H,13H2,1-5H3,(H,22,24). The van der Waals surface area contributed by atoms with Crippen molar-refractivity contribution in [3.8, 4) is 11.5 Å². The second-order valence-electron chi connectivity index (χ2n) is 7.21. The number of nitrogens with one attached hydrogen (secondary N) is 1. The molecule has 6 heteroatoms. The number of carbonyl (C=O) groups is 1. The van der Waals surface area contributed by atoms with E-state index in [2.05, 4.69) is 26.1 Å². The lowest BCUT2D eigenvalue weighted by atomic mass is 10.2. The molecule has 0 saturated heterocycles. The predicted molar refractivity (Wildman–Crippen MR) is 108 cm³/mol. The maximum absolute atomic E-state index is 12.1. The van der Waals surface area contributed by atoms with E-state index in [1.807, 2.05) is 71.3 Å². The van der Waals surface area contributed by atoms with Crippen LogP contribution in [0, 0.1) is 0 Å². The number of rotatable bonds is 5. The average Bonchev–Trinajstić information content (AvgIpc) is 2.49. The van der Waals surface area contributed by atoms with Crippen molar-refractivity contribution in [2.45, 2.75) is 32.9 Å². The molecule has 0 fully saturated rings. The number of benzene rings is 2. The zero-order valence-electron chi connectivity index (χ0n) is 15.8. The van der Waals surface area contributed by atoms with Gasteiger partial charge in [0.05, 0.1) is 5.69 Å². The third kappa shape index (κ3) is 6.35. The van der Waals surface area contributed by atoms with Crippen molar-refractivity contribution in [3.63, 3.8) is 0 Å². The highest BCUT2D eigenvalue weighted by Gasteiger charge is 2.18. The zero-order valence-corrected chi connectivity index (χ0v) is 17.4. The van der Waals surface area contributed by atoms with Crippen LogP contribution in [0.3, 0.4) is 0 Å². The molecule has 0 saturated carbocycles. The van der Waals surface area contributed by atoms with Crippen molar-refractivity contribution < 1.29 is 14.3 Å². The SMILES string of the molecule is CN(C)Cc1ccccc1Oc1ccc(Br)cc1NC(=O)OC(C)(C)C. The van der Waals surface area contributed by atoms with Crippen LogP contribution in [0.2, 0.25) is 0 Å². The fraction of sp³-hybridized carbons (Fsp3) is 0.350. The molecular weight excluding hydrogens is 396 g/mol. The molecule has 2 aromatic carbocycles. The van der Waals surface area contributed by atoms with E-state index in [1.165, 1.54) is 0 Å². The topological polar surface area (TPSA) is 50.8 Å². The molecule has 0 aliphatic heterocycles. The number of ether oxygens (including phenoxy) is 2. The quantitative estimate of drug-likeness (QED) is 0.678.